The molecule has 0 saturated carbocycles. The minimum absolute atomic E-state index is 0.00645. The van der Waals surface area contributed by atoms with Crippen molar-refractivity contribution in [1.29, 1.82) is 0 Å². The van der Waals surface area contributed by atoms with Crippen LogP contribution in [-0.2, 0) is 25.0 Å². The second-order valence-electron chi connectivity index (χ2n) is 8.70. The van der Waals surface area contributed by atoms with E-state index < -0.39 is 10.0 Å². The van der Waals surface area contributed by atoms with Gasteiger partial charge in [-0.15, -0.1) is 0 Å². The van der Waals surface area contributed by atoms with Crippen molar-refractivity contribution >= 4 is 34.1 Å². The molecule has 0 atom stereocenters. The number of nitrogens with zero attached hydrogens (tertiary/aromatic N) is 2. The topological polar surface area (TPSA) is 117 Å². The summed E-state index contributed by atoms with van der Waals surface area (Å²) in [5, 5.41) is 0. The SMILES string of the molecule is COc1ccccc1Sc1c(NS(=O)(=O)c2ccc(C(C)(C)C)cc2)nc(C)nc1OCCOC=O. The Hall–Kier alpha value is -3.31. The number of carbonyl (C=O) groups excluding carboxylic acids is 1. The molecule has 1 aromatic heterocycles. The summed E-state index contributed by atoms with van der Waals surface area (Å²) in [5.74, 6) is 1.09. The molecule has 0 aliphatic carbocycles. The normalized spacial score (nSPS) is 11.6. The molecule has 0 radical (unpaired) electrons. The van der Waals surface area contributed by atoms with Crippen molar-refractivity contribution in [3.63, 3.8) is 0 Å². The van der Waals surface area contributed by atoms with Gasteiger partial charge in [0.05, 0.1) is 16.9 Å². The van der Waals surface area contributed by atoms with E-state index in [1.165, 1.54) is 11.8 Å². The van der Waals surface area contributed by atoms with Crippen LogP contribution in [0.2, 0.25) is 0 Å². The van der Waals surface area contributed by atoms with Crippen molar-refractivity contribution in [1.82, 2.24) is 9.97 Å². The van der Waals surface area contributed by atoms with Crippen molar-refractivity contribution < 1.29 is 27.4 Å². The number of nitrogens with one attached hydrogen (secondary N) is 1. The first kappa shape index (κ1) is 27.3. The molecule has 2 aromatic carbocycles. The molecular formula is C25H29N3O6S2. The number of aromatic nitrogens is 2. The summed E-state index contributed by atoms with van der Waals surface area (Å²) in [6.07, 6.45) is 0. The van der Waals surface area contributed by atoms with E-state index in [0.29, 0.717) is 27.8 Å². The minimum atomic E-state index is -3.98. The summed E-state index contributed by atoms with van der Waals surface area (Å²) in [4.78, 5) is 20.3. The van der Waals surface area contributed by atoms with Crippen LogP contribution in [0.15, 0.2) is 63.2 Å². The lowest BCUT2D eigenvalue weighted by Gasteiger charge is -2.19. The van der Waals surface area contributed by atoms with Crippen LogP contribution < -0.4 is 14.2 Å². The number of carbonyl (C=O) groups is 1. The number of para-hydroxylation sites is 1. The Morgan fingerprint density at radius 1 is 1.03 bits per heavy atom. The largest absolute Gasteiger partial charge is 0.496 e. The van der Waals surface area contributed by atoms with Crippen LogP contribution in [0.3, 0.4) is 0 Å². The molecule has 3 rings (SSSR count). The van der Waals surface area contributed by atoms with Crippen molar-refractivity contribution in [3.05, 3.63) is 59.9 Å². The lowest BCUT2D eigenvalue weighted by Crippen LogP contribution is -2.17. The van der Waals surface area contributed by atoms with E-state index in [0.717, 1.165) is 5.56 Å². The Morgan fingerprint density at radius 2 is 1.72 bits per heavy atom. The van der Waals surface area contributed by atoms with Crippen LogP contribution >= 0.6 is 11.8 Å². The predicted octanol–water partition coefficient (Wildman–Crippen LogP) is 4.59. The number of rotatable bonds is 11. The Kier molecular flexibility index (Phi) is 8.80. The maximum Gasteiger partial charge on any atom is 0.293 e. The number of hydrogen-bond donors (Lipinski definition) is 1. The second-order valence-corrected chi connectivity index (χ2v) is 11.4. The van der Waals surface area contributed by atoms with Crippen LogP contribution in [0.4, 0.5) is 5.82 Å². The average Bonchev–Trinajstić information content (AvgIpc) is 2.83. The maximum absolute atomic E-state index is 13.3. The summed E-state index contributed by atoms with van der Waals surface area (Å²) in [7, 11) is -2.43. The summed E-state index contributed by atoms with van der Waals surface area (Å²) in [6.45, 7) is 8.15. The third-order valence-electron chi connectivity index (χ3n) is 5.00. The number of aryl methyl sites for hydroxylation is 1. The fraction of sp³-hybridized carbons (Fsp3) is 0.320. The van der Waals surface area contributed by atoms with Crippen molar-refractivity contribution in [2.45, 2.75) is 47.8 Å². The molecule has 9 nitrogen and oxygen atoms in total. The van der Waals surface area contributed by atoms with Crippen molar-refractivity contribution in [3.8, 4) is 11.6 Å². The van der Waals surface area contributed by atoms with Gasteiger partial charge in [-0.1, -0.05) is 56.8 Å². The Labute approximate surface area is 215 Å². The standard InChI is InChI=1S/C25H29N3O6S2/c1-17-26-23(28-36(30,31)19-12-10-18(11-13-19)25(2,3)4)22(24(27-17)34-15-14-33-16-29)35-21-9-7-6-8-20(21)32-5/h6-13,16H,14-15H2,1-5H3,(H,26,27,28). The summed E-state index contributed by atoms with van der Waals surface area (Å²) >= 11 is 1.19. The Bertz CT molecular complexity index is 1310. The van der Waals surface area contributed by atoms with Gasteiger partial charge in [0.2, 0.25) is 5.88 Å². The predicted molar refractivity (Wildman–Crippen MR) is 137 cm³/mol. The van der Waals surface area contributed by atoms with Crippen LogP contribution in [0.5, 0.6) is 11.6 Å². The Morgan fingerprint density at radius 3 is 2.36 bits per heavy atom. The highest BCUT2D eigenvalue weighted by Crippen LogP contribution is 2.42. The van der Waals surface area contributed by atoms with Gasteiger partial charge in [-0.05, 0) is 42.2 Å². The molecule has 11 heteroatoms. The van der Waals surface area contributed by atoms with Crippen molar-refractivity contribution in [2.24, 2.45) is 0 Å². The summed E-state index contributed by atoms with van der Waals surface area (Å²) in [6, 6.07) is 14.0. The second kappa shape index (κ2) is 11.6. The summed E-state index contributed by atoms with van der Waals surface area (Å²) in [5.41, 5.74) is 0.901. The average molecular weight is 532 g/mol. The minimum Gasteiger partial charge on any atom is -0.496 e. The van der Waals surface area contributed by atoms with Gasteiger partial charge in [0.1, 0.15) is 29.7 Å². The third kappa shape index (κ3) is 6.88. The van der Waals surface area contributed by atoms with Gasteiger partial charge < -0.3 is 14.2 Å². The van der Waals surface area contributed by atoms with Gasteiger partial charge in [-0.2, -0.15) is 4.98 Å². The van der Waals surface area contributed by atoms with Crippen LogP contribution in [0.1, 0.15) is 32.2 Å². The molecule has 0 bridgehead atoms. The number of anilines is 1. The number of methoxy groups -OCH3 is 1. The third-order valence-corrected chi connectivity index (χ3v) is 7.48. The molecule has 1 heterocycles. The zero-order valence-electron chi connectivity index (χ0n) is 20.8. The first-order chi connectivity index (χ1) is 17.0. The van der Waals surface area contributed by atoms with Crippen LogP contribution in [0, 0.1) is 6.92 Å². The first-order valence-electron chi connectivity index (χ1n) is 11.1. The molecule has 0 saturated heterocycles. The van der Waals surface area contributed by atoms with E-state index in [-0.39, 0.29) is 35.2 Å². The maximum atomic E-state index is 13.3. The van der Waals surface area contributed by atoms with E-state index >= 15 is 0 Å². The highest BCUT2D eigenvalue weighted by atomic mass is 32.2. The molecule has 0 aliphatic rings. The molecule has 0 aliphatic heterocycles. The van der Waals surface area contributed by atoms with Crippen molar-refractivity contribution in [2.75, 3.05) is 25.0 Å². The van der Waals surface area contributed by atoms with Gasteiger partial charge >= 0.3 is 0 Å². The van der Waals surface area contributed by atoms with Crippen LogP contribution in [0.25, 0.3) is 0 Å². The fourth-order valence-corrected chi connectivity index (χ4v) is 5.25. The molecule has 3 aromatic rings. The highest BCUT2D eigenvalue weighted by Gasteiger charge is 2.24. The van der Waals surface area contributed by atoms with Gasteiger partial charge in [0, 0.05) is 0 Å². The zero-order chi connectivity index (χ0) is 26.3. The fourth-order valence-electron chi connectivity index (χ4n) is 3.16. The zero-order valence-corrected chi connectivity index (χ0v) is 22.4. The number of ether oxygens (including phenoxy) is 3. The van der Waals surface area contributed by atoms with Gasteiger partial charge in [-0.25, -0.2) is 13.4 Å². The molecule has 0 spiro atoms. The monoisotopic (exact) mass is 531 g/mol. The lowest BCUT2D eigenvalue weighted by atomic mass is 9.87. The number of benzene rings is 2. The molecular weight excluding hydrogens is 502 g/mol. The Balaban J connectivity index is 2.03. The van der Waals surface area contributed by atoms with Gasteiger partial charge in [0.15, 0.2) is 5.82 Å². The molecule has 36 heavy (non-hydrogen) atoms. The van der Waals surface area contributed by atoms with Gasteiger partial charge in [-0.3, -0.25) is 9.52 Å². The van der Waals surface area contributed by atoms with E-state index in [2.05, 4.69) is 35.5 Å². The summed E-state index contributed by atoms with van der Waals surface area (Å²) < 4.78 is 45.1. The van der Waals surface area contributed by atoms with E-state index in [1.807, 2.05) is 18.2 Å². The smallest absolute Gasteiger partial charge is 0.293 e. The van der Waals surface area contributed by atoms with Crippen LogP contribution in [-0.4, -0.2) is 45.2 Å². The van der Waals surface area contributed by atoms with E-state index in [4.69, 9.17) is 14.2 Å². The molecule has 192 valence electrons. The molecule has 0 amide bonds. The van der Waals surface area contributed by atoms with E-state index in [1.54, 1.807) is 44.4 Å². The quantitative estimate of drug-likeness (QED) is 0.280. The lowest BCUT2D eigenvalue weighted by molar-refractivity contribution is -0.129. The molecule has 0 fully saturated rings. The first-order valence-corrected chi connectivity index (χ1v) is 13.4. The number of sulfonamides is 1. The highest BCUT2D eigenvalue weighted by molar-refractivity contribution is 7.99. The molecule has 1 N–H and O–H groups in total. The van der Waals surface area contributed by atoms with Gasteiger partial charge in [0.25, 0.3) is 16.5 Å². The number of hydrogen-bond acceptors (Lipinski definition) is 9. The van der Waals surface area contributed by atoms with E-state index in [9.17, 15) is 13.2 Å². The molecule has 0 unspecified atom stereocenters.